The number of amides is 4. The second-order valence-corrected chi connectivity index (χ2v) is 9.95. The number of benzene rings is 1. The maximum Gasteiger partial charge on any atom is 0.390 e. The summed E-state index contributed by atoms with van der Waals surface area (Å²) in [6, 6.07) is 4.97. The molecule has 3 rings (SSSR count). The quantitative estimate of drug-likeness (QED) is 0.501. The molecular weight excluding hydrogens is 447 g/mol. The number of hydrogen-bond donors (Lipinski definition) is 1. The number of nitrogens with zero attached hydrogens (tertiary/aromatic N) is 2. The van der Waals surface area contributed by atoms with E-state index in [0.29, 0.717) is 31.4 Å². The smallest absolute Gasteiger partial charge is 0.324 e. The Hall–Kier alpha value is -2.58. The van der Waals surface area contributed by atoms with Gasteiger partial charge in [-0.15, -0.1) is 0 Å². The Kier molecular flexibility index (Phi) is 7.62. The molecule has 0 radical (unpaired) electrons. The predicted octanol–water partition coefficient (Wildman–Crippen LogP) is 5.79. The average molecular weight is 482 g/mol. The van der Waals surface area contributed by atoms with Gasteiger partial charge in [0.15, 0.2) is 0 Å². The standard InChI is InChI=1S/C25H34F3N3O3/c1-16(2)18-9-8-10-19(17(3)4)21(18)29-20(32)15-30-22(33)24(11-6-5-7-12-24)31(23(30)34)14-13-25(26,27)28/h8-10,16-17H,5-7,11-15H2,1-4H3,(H,29,32). The van der Waals surface area contributed by atoms with Gasteiger partial charge in [-0.2, -0.15) is 13.2 Å². The molecule has 0 atom stereocenters. The lowest BCUT2D eigenvalue weighted by Crippen LogP contribution is -2.51. The van der Waals surface area contributed by atoms with Crippen LogP contribution in [0.3, 0.4) is 0 Å². The molecule has 0 unspecified atom stereocenters. The Morgan fingerprint density at radius 1 is 1.03 bits per heavy atom. The van der Waals surface area contributed by atoms with Crippen molar-refractivity contribution in [2.45, 2.75) is 89.8 Å². The molecule has 1 aliphatic heterocycles. The maximum atomic E-state index is 13.4. The molecule has 1 heterocycles. The first-order valence-electron chi connectivity index (χ1n) is 12.0. The Balaban J connectivity index is 1.85. The molecule has 4 amide bonds. The second kappa shape index (κ2) is 9.96. The minimum atomic E-state index is -4.45. The van der Waals surface area contributed by atoms with E-state index in [1.54, 1.807) is 0 Å². The van der Waals surface area contributed by atoms with Gasteiger partial charge < -0.3 is 10.2 Å². The molecule has 1 aromatic carbocycles. The summed E-state index contributed by atoms with van der Waals surface area (Å²) in [5, 5.41) is 2.89. The lowest BCUT2D eigenvalue weighted by Gasteiger charge is -2.38. The Morgan fingerprint density at radius 3 is 2.09 bits per heavy atom. The average Bonchev–Trinajstić information content (AvgIpc) is 2.93. The monoisotopic (exact) mass is 481 g/mol. The lowest BCUT2D eigenvalue weighted by molar-refractivity contribution is -0.144. The molecule has 9 heteroatoms. The summed E-state index contributed by atoms with van der Waals surface area (Å²) >= 11 is 0. The highest BCUT2D eigenvalue weighted by Gasteiger charge is 2.57. The number of alkyl halides is 3. The molecule has 0 aromatic heterocycles. The summed E-state index contributed by atoms with van der Waals surface area (Å²) in [6.45, 7) is 6.93. The van der Waals surface area contributed by atoms with Crippen molar-refractivity contribution in [1.29, 1.82) is 0 Å². The SMILES string of the molecule is CC(C)c1cccc(C(C)C)c1NC(=O)CN1C(=O)N(CCC(F)(F)F)C2(CCCCC2)C1=O. The first-order valence-corrected chi connectivity index (χ1v) is 12.0. The van der Waals surface area contributed by atoms with Gasteiger partial charge in [0.2, 0.25) is 5.91 Å². The van der Waals surface area contributed by atoms with Crippen LogP contribution >= 0.6 is 0 Å². The van der Waals surface area contributed by atoms with Crippen molar-refractivity contribution in [3.63, 3.8) is 0 Å². The topological polar surface area (TPSA) is 69.7 Å². The number of urea groups is 1. The molecule has 1 aromatic rings. The number of carbonyl (C=O) groups is 3. The number of hydrogen-bond acceptors (Lipinski definition) is 3. The summed E-state index contributed by atoms with van der Waals surface area (Å²) < 4.78 is 38.8. The van der Waals surface area contributed by atoms with E-state index in [0.717, 1.165) is 27.3 Å². The number of anilines is 1. The van der Waals surface area contributed by atoms with Crippen LogP contribution in [0.4, 0.5) is 23.7 Å². The fourth-order valence-electron chi connectivity index (χ4n) is 5.11. The summed E-state index contributed by atoms with van der Waals surface area (Å²) in [6.07, 6.45) is -2.82. The van der Waals surface area contributed by atoms with E-state index < -0.39 is 49.1 Å². The number of nitrogens with one attached hydrogen (secondary N) is 1. The van der Waals surface area contributed by atoms with Gasteiger partial charge in [-0.1, -0.05) is 65.2 Å². The Labute approximate surface area is 198 Å². The molecule has 188 valence electrons. The second-order valence-electron chi connectivity index (χ2n) is 9.95. The number of carbonyl (C=O) groups excluding carboxylic acids is 3. The van der Waals surface area contributed by atoms with Crippen molar-refractivity contribution >= 4 is 23.5 Å². The fraction of sp³-hybridized carbons (Fsp3) is 0.640. The molecule has 2 fully saturated rings. The van der Waals surface area contributed by atoms with E-state index in [1.165, 1.54) is 0 Å². The van der Waals surface area contributed by atoms with Crippen molar-refractivity contribution in [3.8, 4) is 0 Å². The molecule has 0 bridgehead atoms. The van der Waals surface area contributed by atoms with Crippen molar-refractivity contribution in [3.05, 3.63) is 29.3 Å². The van der Waals surface area contributed by atoms with Crippen molar-refractivity contribution in [1.82, 2.24) is 9.80 Å². The molecule has 1 spiro atoms. The highest BCUT2D eigenvalue weighted by molar-refractivity contribution is 6.10. The van der Waals surface area contributed by atoms with E-state index in [4.69, 9.17) is 0 Å². The van der Waals surface area contributed by atoms with Crippen molar-refractivity contribution in [2.75, 3.05) is 18.4 Å². The van der Waals surface area contributed by atoms with E-state index in [-0.39, 0.29) is 11.8 Å². The van der Waals surface area contributed by atoms with Gasteiger partial charge in [0.1, 0.15) is 12.1 Å². The predicted molar refractivity (Wildman–Crippen MR) is 124 cm³/mol. The van der Waals surface area contributed by atoms with Crippen LogP contribution in [-0.4, -0.2) is 52.5 Å². The van der Waals surface area contributed by atoms with Gasteiger partial charge >= 0.3 is 12.2 Å². The van der Waals surface area contributed by atoms with E-state index in [1.807, 2.05) is 45.9 Å². The van der Waals surface area contributed by atoms with E-state index in [2.05, 4.69) is 5.32 Å². The molecule has 1 saturated heterocycles. The lowest BCUT2D eigenvalue weighted by atomic mass is 9.80. The van der Waals surface area contributed by atoms with Crippen LogP contribution in [0, 0.1) is 0 Å². The molecule has 6 nitrogen and oxygen atoms in total. The van der Waals surface area contributed by atoms with Crippen LogP contribution in [-0.2, 0) is 9.59 Å². The van der Waals surface area contributed by atoms with Crippen LogP contribution in [0.5, 0.6) is 0 Å². The molecule has 1 N–H and O–H groups in total. The number of halogens is 3. The first kappa shape index (κ1) is 26.0. The first-order chi connectivity index (χ1) is 15.9. The summed E-state index contributed by atoms with van der Waals surface area (Å²) in [5.74, 6) is -0.837. The minimum Gasteiger partial charge on any atom is -0.324 e. The Bertz CT molecular complexity index is 911. The number of imide groups is 1. The number of rotatable bonds is 7. The summed E-state index contributed by atoms with van der Waals surface area (Å²) in [7, 11) is 0. The van der Waals surface area contributed by atoms with Gasteiger partial charge in [-0.3, -0.25) is 14.5 Å². The van der Waals surface area contributed by atoms with E-state index >= 15 is 0 Å². The van der Waals surface area contributed by atoms with Gasteiger partial charge in [0.25, 0.3) is 5.91 Å². The van der Waals surface area contributed by atoms with Gasteiger partial charge in [0.05, 0.1) is 6.42 Å². The zero-order valence-corrected chi connectivity index (χ0v) is 20.3. The molecule has 1 saturated carbocycles. The minimum absolute atomic E-state index is 0.132. The molecule has 2 aliphatic rings. The summed E-state index contributed by atoms with van der Waals surface area (Å²) in [5.41, 5.74) is 1.26. The molecule has 1 aliphatic carbocycles. The van der Waals surface area contributed by atoms with Crippen LogP contribution in [0.1, 0.15) is 89.2 Å². The van der Waals surface area contributed by atoms with Gasteiger partial charge in [-0.05, 0) is 35.8 Å². The van der Waals surface area contributed by atoms with Gasteiger partial charge in [0, 0.05) is 12.2 Å². The van der Waals surface area contributed by atoms with Crippen molar-refractivity contribution in [2.24, 2.45) is 0 Å². The fourth-order valence-corrected chi connectivity index (χ4v) is 5.11. The maximum absolute atomic E-state index is 13.4. The number of para-hydroxylation sites is 1. The van der Waals surface area contributed by atoms with E-state index in [9.17, 15) is 27.6 Å². The summed E-state index contributed by atoms with van der Waals surface area (Å²) in [4.78, 5) is 41.4. The van der Waals surface area contributed by atoms with Crippen LogP contribution in [0.25, 0.3) is 0 Å². The highest BCUT2D eigenvalue weighted by atomic mass is 19.4. The zero-order valence-electron chi connectivity index (χ0n) is 20.3. The third kappa shape index (κ3) is 5.23. The highest BCUT2D eigenvalue weighted by Crippen LogP contribution is 2.41. The third-order valence-corrected chi connectivity index (χ3v) is 6.86. The molecular formula is C25H34F3N3O3. The van der Waals surface area contributed by atoms with Crippen molar-refractivity contribution < 1.29 is 27.6 Å². The normalized spacial score (nSPS) is 18.5. The van der Waals surface area contributed by atoms with Gasteiger partial charge in [-0.25, -0.2) is 4.79 Å². The Morgan fingerprint density at radius 2 is 1.59 bits per heavy atom. The van der Waals surface area contributed by atoms with Crippen LogP contribution < -0.4 is 5.32 Å². The van der Waals surface area contributed by atoms with Crippen LogP contribution in [0.15, 0.2) is 18.2 Å². The largest absolute Gasteiger partial charge is 0.390 e. The zero-order chi connectivity index (χ0) is 25.3. The third-order valence-electron chi connectivity index (χ3n) is 6.86. The van der Waals surface area contributed by atoms with Crippen LogP contribution in [0.2, 0.25) is 0 Å². The molecule has 34 heavy (non-hydrogen) atoms.